The number of methoxy groups -OCH3 is 1. The second-order valence-electron chi connectivity index (χ2n) is 4.95. The summed E-state index contributed by atoms with van der Waals surface area (Å²) in [4.78, 5) is 11.5. The average Bonchev–Trinajstić information content (AvgIpc) is 2.52. The largest absolute Gasteiger partial charge is 0.381 e. The molecule has 1 aliphatic heterocycles. The van der Waals surface area contributed by atoms with Gasteiger partial charge in [-0.1, -0.05) is 18.7 Å². The Hall–Kier alpha value is -1.01. The van der Waals surface area contributed by atoms with Gasteiger partial charge < -0.3 is 15.0 Å². The van der Waals surface area contributed by atoms with Crippen molar-refractivity contribution in [3.05, 3.63) is 6.07 Å². The molecule has 112 valence electrons. The Kier molecular flexibility index (Phi) is 5.91. The Morgan fingerprint density at radius 3 is 2.75 bits per heavy atom. The number of anilines is 2. The van der Waals surface area contributed by atoms with Crippen molar-refractivity contribution in [1.29, 1.82) is 0 Å². The Morgan fingerprint density at radius 2 is 2.15 bits per heavy atom. The maximum atomic E-state index is 5.42. The average molecular weight is 296 g/mol. The van der Waals surface area contributed by atoms with E-state index in [9.17, 15) is 0 Å². The van der Waals surface area contributed by atoms with Crippen LogP contribution in [-0.2, 0) is 4.74 Å². The number of hydrogen-bond acceptors (Lipinski definition) is 6. The molecule has 1 aromatic heterocycles. The van der Waals surface area contributed by atoms with Crippen molar-refractivity contribution in [3.8, 4) is 0 Å². The fourth-order valence-electron chi connectivity index (χ4n) is 2.33. The summed E-state index contributed by atoms with van der Waals surface area (Å²) in [5.74, 6) is 1.95. The lowest BCUT2D eigenvalue weighted by molar-refractivity contribution is 0.0818. The Morgan fingerprint density at radius 1 is 1.40 bits per heavy atom. The number of piperidine rings is 1. The van der Waals surface area contributed by atoms with Gasteiger partial charge in [-0.15, -0.1) is 0 Å². The van der Waals surface area contributed by atoms with Crippen molar-refractivity contribution < 1.29 is 4.74 Å². The fourth-order valence-corrected chi connectivity index (χ4v) is 2.70. The van der Waals surface area contributed by atoms with Gasteiger partial charge in [-0.25, -0.2) is 9.97 Å². The van der Waals surface area contributed by atoms with Crippen LogP contribution in [0.25, 0.3) is 0 Å². The van der Waals surface area contributed by atoms with Crippen molar-refractivity contribution in [2.24, 2.45) is 0 Å². The zero-order chi connectivity index (χ0) is 14.4. The van der Waals surface area contributed by atoms with E-state index in [0.29, 0.717) is 6.10 Å². The van der Waals surface area contributed by atoms with Crippen molar-refractivity contribution in [1.82, 2.24) is 9.97 Å². The van der Waals surface area contributed by atoms with Crippen molar-refractivity contribution in [2.75, 3.05) is 43.2 Å². The summed E-state index contributed by atoms with van der Waals surface area (Å²) in [6.45, 7) is 5.09. The molecule has 1 aromatic rings. The fraction of sp³-hybridized carbons (Fsp3) is 0.714. The molecule has 2 rings (SSSR count). The van der Waals surface area contributed by atoms with E-state index in [0.717, 1.165) is 55.7 Å². The quantitative estimate of drug-likeness (QED) is 0.643. The van der Waals surface area contributed by atoms with Crippen molar-refractivity contribution in [3.63, 3.8) is 0 Å². The minimum Gasteiger partial charge on any atom is -0.381 e. The van der Waals surface area contributed by atoms with Gasteiger partial charge >= 0.3 is 0 Å². The molecule has 0 unspecified atom stereocenters. The third kappa shape index (κ3) is 3.99. The molecule has 0 spiro atoms. The van der Waals surface area contributed by atoms with E-state index >= 15 is 0 Å². The lowest BCUT2D eigenvalue weighted by atomic mass is 10.1. The number of ether oxygens (including phenoxy) is 1. The molecule has 20 heavy (non-hydrogen) atoms. The molecule has 0 aromatic carbocycles. The summed E-state index contributed by atoms with van der Waals surface area (Å²) in [6.07, 6.45) is 5.62. The van der Waals surface area contributed by atoms with E-state index in [2.05, 4.69) is 33.2 Å². The van der Waals surface area contributed by atoms with Gasteiger partial charge in [0.1, 0.15) is 11.6 Å². The molecular formula is C14H24N4OS. The second-order valence-corrected chi connectivity index (χ2v) is 5.72. The van der Waals surface area contributed by atoms with Gasteiger partial charge in [0.15, 0.2) is 5.16 Å². The highest BCUT2D eigenvalue weighted by atomic mass is 32.2. The van der Waals surface area contributed by atoms with Crippen LogP contribution in [0.4, 0.5) is 11.6 Å². The number of nitrogens with one attached hydrogen (secondary N) is 1. The highest BCUT2D eigenvalue weighted by molar-refractivity contribution is 7.98. The van der Waals surface area contributed by atoms with Crippen LogP contribution in [0.2, 0.25) is 0 Å². The lowest BCUT2D eigenvalue weighted by Gasteiger charge is -2.32. The van der Waals surface area contributed by atoms with Gasteiger partial charge in [-0.2, -0.15) is 0 Å². The third-order valence-corrected chi connectivity index (χ3v) is 4.08. The molecule has 2 heterocycles. The molecule has 0 aliphatic carbocycles. The number of rotatable bonds is 6. The summed E-state index contributed by atoms with van der Waals surface area (Å²) >= 11 is 1.59. The Labute approximate surface area is 125 Å². The number of hydrogen-bond donors (Lipinski definition) is 1. The maximum Gasteiger partial charge on any atom is 0.191 e. The Bertz CT molecular complexity index is 422. The third-order valence-electron chi connectivity index (χ3n) is 3.53. The van der Waals surface area contributed by atoms with E-state index in [1.54, 1.807) is 18.9 Å². The summed E-state index contributed by atoms with van der Waals surface area (Å²) in [7, 11) is 1.80. The van der Waals surface area contributed by atoms with Crippen molar-refractivity contribution >= 4 is 23.4 Å². The molecule has 0 saturated carbocycles. The first-order valence-corrected chi connectivity index (χ1v) is 8.44. The highest BCUT2D eigenvalue weighted by Crippen LogP contribution is 2.24. The first-order chi connectivity index (χ1) is 9.76. The molecule has 1 N–H and O–H groups in total. The molecule has 5 nitrogen and oxygen atoms in total. The van der Waals surface area contributed by atoms with Crippen LogP contribution in [0.5, 0.6) is 0 Å². The molecule has 1 fully saturated rings. The van der Waals surface area contributed by atoms with Gasteiger partial charge in [-0.3, -0.25) is 0 Å². The van der Waals surface area contributed by atoms with Crippen LogP contribution in [0, 0.1) is 0 Å². The van der Waals surface area contributed by atoms with Gasteiger partial charge in [0, 0.05) is 32.8 Å². The molecule has 0 radical (unpaired) electrons. The summed E-state index contributed by atoms with van der Waals surface area (Å²) in [6, 6.07) is 2.06. The van der Waals surface area contributed by atoms with Crippen molar-refractivity contribution in [2.45, 2.75) is 37.4 Å². The van der Waals surface area contributed by atoms with E-state index in [1.807, 2.05) is 6.26 Å². The SMILES string of the molecule is CCCNc1cc(N2CCC(OC)CC2)nc(SC)n1. The highest BCUT2D eigenvalue weighted by Gasteiger charge is 2.20. The molecule has 6 heteroatoms. The number of nitrogens with zero attached hydrogens (tertiary/aromatic N) is 3. The van der Waals surface area contributed by atoms with Crippen LogP contribution < -0.4 is 10.2 Å². The van der Waals surface area contributed by atoms with E-state index in [1.165, 1.54) is 0 Å². The standard InChI is InChI=1S/C14H24N4OS/c1-4-7-15-12-10-13(17-14(16-12)20-3)18-8-5-11(19-2)6-9-18/h10-11H,4-9H2,1-3H3,(H,15,16,17). The van der Waals surface area contributed by atoms with Gasteiger partial charge in [0.2, 0.25) is 0 Å². The van der Waals surface area contributed by atoms with Crippen LogP contribution in [0.3, 0.4) is 0 Å². The molecule has 0 amide bonds. The monoisotopic (exact) mass is 296 g/mol. The van der Waals surface area contributed by atoms with E-state index < -0.39 is 0 Å². The summed E-state index contributed by atoms with van der Waals surface area (Å²) in [5.41, 5.74) is 0. The summed E-state index contributed by atoms with van der Waals surface area (Å²) in [5, 5.41) is 4.18. The Balaban J connectivity index is 2.10. The van der Waals surface area contributed by atoms with Crippen LogP contribution in [0.1, 0.15) is 26.2 Å². The van der Waals surface area contributed by atoms with Crippen LogP contribution in [-0.4, -0.2) is 49.1 Å². The first-order valence-electron chi connectivity index (χ1n) is 7.21. The van der Waals surface area contributed by atoms with Gasteiger partial charge in [0.05, 0.1) is 6.10 Å². The summed E-state index contributed by atoms with van der Waals surface area (Å²) < 4.78 is 5.42. The predicted molar refractivity (Wildman–Crippen MR) is 84.8 cm³/mol. The molecule has 1 saturated heterocycles. The minimum atomic E-state index is 0.394. The predicted octanol–water partition coefficient (Wildman–Crippen LogP) is 2.64. The first kappa shape index (κ1) is 15.4. The topological polar surface area (TPSA) is 50.3 Å². The molecule has 1 aliphatic rings. The minimum absolute atomic E-state index is 0.394. The molecule has 0 bridgehead atoms. The zero-order valence-corrected chi connectivity index (χ0v) is 13.4. The van der Waals surface area contributed by atoms with Gasteiger partial charge in [0.25, 0.3) is 0 Å². The lowest BCUT2D eigenvalue weighted by Crippen LogP contribution is -2.37. The van der Waals surface area contributed by atoms with Crippen LogP contribution in [0.15, 0.2) is 11.2 Å². The van der Waals surface area contributed by atoms with Gasteiger partial charge in [-0.05, 0) is 25.5 Å². The zero-order valence-electron chi connectivity index (χ0n) is 12.6. The second kappa shape index (κ2) is 7.69. The van der Waals surface area contributed by atoms with E-state index in [-0.39, 0.29) is 0 Å². The smallest absolute Gasteiger partial charge is 0.191 e. The maximum absolute atomic E-state index is 5.42. The van der Waals surface area contributed by atoms with Crippen LogP contribution >= 0.6 is 11.8 Å². The normalized spacial score (nSPS) is 16.4. The van der Waals surface area contributed by atoms with E-state index in [4.69, 9.17) is 4.74 Å². The number of aromatic nitrogens is 2. The number of thioether (sulfide) groups is 1. The molecular weight excluding hydrogens is 272 g/mol. The molecule has 0 atom stereocenters.